The molecule has 0 N–H and O–H groups in total. The molecule has 0 radical (unpaired) electrons. The van der Waals surface area contributed by atoms with Gasteiger partial charge in [0.15, 0.2) is 15.6 Å². The summed E-state index contributed by atoms with van der Waals surface area (Å²) in [5.74, 6) is 0.250. The van der Waals surface area contributed by atoms with E-state index in [-0.39, 0.29) is 40.2 Å². The summed E-state index contributed by atoms with van der Waals surface area (Å²) in [5, 5.41) is -0.490. The van der Waals surface area contributed by atoms with Crippen molar-refractivity contribution in [2.45, 2.75) is 83.0 Å². The van der Waals surface area contributed by atoms with E-state index < -0.39 is 20.7 Å². The minimum atomic E-state index is -3.30. The summed E-state index contributed by atoms with van der Waals surface area (Å²) in [4.78, 5) is 24.3. The molecule has 2 saturated carbocycles. The second kappa shape index (κ2) is 6.30. The molecule has 0 bridgehead atoms. The SMILES string of the molecule is CCS(=O)(=O)[C@@H]1CC2=CC(=O)CC[C@]2(C)C2=CC[C@@]3(C)C(CC[C@@]34CCC(=O)O4)C21. The van der Waals surface area contributed by atoms with Gasteiger partial charge in [-0.2, -0.15) is 0 Å². The van der Waals surface area contributed by atoms with E-state index in [4.69, 9.17) is 4.74 Å². The summed E-state index contributed by atoms with van der Waals surface area (Å²) in [5.41, 5.74) is 1.35. The van der Waals surface area contributed by atoms with Gasteiger partial charge in [0.25, 0.3) is 0 Å². The second-order valence-corrected chi connectivity index (χ2v) is 13.1. The third-order valence-corrected chi connectivity index (χ3v) is 11.7. The van der Waals surface area contributed by atoms with Crippen molar-refractivity contribution in [2.75, 3.05) is 5.75 Å². The van der Waals surface area contributed by atoms with Gasteiger partial charge < -0.3 is 4.74 Å². The molecule has 5 rings (SSSR count). The lowest BCUT2D eigenvalue weighted by molar-refractivity contribution is -0.160. The van der Waals surface area contributed by atoms with Crippen LogP contribution in [0.15, 0.2) is 23.3 Å². The van der Waals surface area contributed by atoms with Gasteiger partial charge in [-0.15, -0.1) is 0 Å². The normalized spacial score (nSPS) is 45.4. The zero-order chi connectivity index (χ0) is 21.5. The predicted octanol–water partition coefficient (Wildman–Crippen LogP) is 3.93. The number of fused-ring (bicyclic) bond motifs is 6. The Balaban J connectivity index is 1.67. The van der Waals surface area contributed by atoms with Crippen LogP contribution < -0.4 is 0 Å². The monoisotopic (exact) mass is 432 g/mol. The molecule has 3 fully saturated rings. The minimum absolute atomic E-state index is 0.0530. The Kier molecular flexibility index (Phi) is 4.30. The molecule has 164 valence electrons. The van der Waals surface area contributed by atoms with Crippen molar-refractivity contribution in [1.29, 1.82) is 0 Å². The molecule has 30 heavy (non-hydrogen) atoms. The first-order chi connectivity index (χ1) is 14.1. The summed E-state index contributed by atoms with van der Waals surface area (Å²) < 4.78 is 32.6. The van der Waals surface area contributed by atoms with Gasteiger partial charge in [0.05, 0.1) is 5.25 Å². The van der Waals surface area contributed by atoms with Crippen LogP contribution in [0.25, 0.3) is 0 Å². The molecule has 5 aliphatic rings. The largest absolute Gasteiger partial charge is 0.458 e. The maximum absolute atomic E-state index is 13.3. The summed E-state index contributed by atoms with van der Waals surface area (Å²) in [6, 6.07) is 0. The Morgan fingerprint density at radius 1 is 1.13 bits per heavy atom. The van der Waals surface area contributed by atoms with Crippen molar-refractivity contribution in [3.05, 3.63) is 23.3 Å². The quantitative estimate of drug-likeness (QED) is 0.488. The molecule has 0 aromatic heterocycles. The van der Waals surface area contributed by atoms with Crippen LogP contribution in [-0.4, -0.2) is 36.8 Å². The van der Waals surface area contributed by atoms with Crippen molar-refractivity contribution in [3.8, 4) is 0 Å². The molecular formula is C24H32O5S. The van der Waals surface area contributed by atoms with Crippen LogP contribution in [0.5, 0.6) is 0 Å². The summed E-state index contributed by atoms with van der Waals surface area (Å²) in [7, 11) is -3.30. The molecule has 6 heteroatoms. The van der Waals surface area contributed by atoms with Crippen molar-refractivity contribution < 1.29 is 22.7 Å². The smallest absolute Gasteiger partial charge is 0.306 e. The lowest BCUT2D eigenvalue weighted by Gasteiger charge is -2.56. The van der Waals surface area contributed by atoms with Crippen LogP contribution in [0.3, 0.4) is 0 Å². The predicted molar refractivity (Wildman–Crippen MR) is 113 cm³/mol. The first-order valence-corrected chi connectivity index (χ1v) is 13.2. The van der Waals surface area contributed by atoms with Crippen LogP contribution in [-0.2, 0) is 24.2 Å². The topological polar surface area (TPSA) is 77.5 Å². The third kappa shape index (κ3) is 2.49. The van der Waals surface area contributed by atoms with E-state index in [1.807, 2.05) is 0 Å². The Morgan fingerprint density at radius 2 is 1.90 bits per heavy atom. The second-order valence-electron chi connectivity index (χ2n) is 10.6. The van der Waals surface area contributed by atoms with Crippen molar-refractivity contribution in [3.63, 3.8) is 0 Å². The van der Waals surface area contributed by atoms with Crippen LogP contribution in [0, 0.1) is 22.7 Å². The number of ketones is 1. The van der Waals surface area contributed by atoms with Gasteiger partial charge in [-0.3, -0.25) is 9.59 Å². The Morgan fingerprint density at radius 3 is 2.57 bits per heavy atom. The highest BCUT2D eigenvalue weighted by atomic mass is 32.2. The fourth-order valence-corrected chi connectivity index (χ4v) is 9.30. The summed E-state index contributed by atoms with van der Waals surface area (Å²) in [6.45, 7) is 6.16. The van der Waals surface area contributed by atoms with Crippen molar-refractivity contribution in [2.24, 2.45) is 22.7 Å². The average Bonchev–Trinajstić information content (AvgIpc) is 3.22. The Hall–Kier alpha value is -1.43. The van der Waals surface area contributed by atoms with Gasteiger partial charge in [0.2, 0.25) is 0 Å². The first kappa shape index (κ1) is 20.5. The number of carbonyl (C=O) groups excluding carboxylic acids is 2. The van der Waals surface area contributed by atoms with Gasteiger partial charge >= 0.3 is 5.97 Å². The molecule has 5 nitrogen and oxygen atoms in total. The molecule has 1 saturated heterocycles. The Labute approximate surface area is 179 Å². The molecule has 0 amide bonds. The third-order valence-electron chi connectivity index (χ3n) is 9.54. The van der Waals surface area contributed by atoms with E-state index in [2.05, 4.69) is 19.9 Å². The summed E-state index contributed by atoms with van der Waals surface area (Å²) >= 11 is 0. The number of carbonyl (C=O) groups is 2. The van der Waals surface area contributed by atoms with Gasteiger partial charge in [-0.05, 0) is 50.5 Å². The molecule has 2 unspecified atom stereocenters. The number of esters is 1. The molecule has 6 atom stereocenters. The number of ether oxygens (including phenoxy) is 1. The van der Waals surface area contributed by atoms with Crippen LogP contribution in [0.4, 0.5) is 0 Å². The van der Waals surface area contributed by atoms with E-state index >= 15 is 0 Å². The molecular weight excluding hydrogens is 400 g/mol. The van der Waals surface area contributed by atoms with Crippen molar-refractivity contribution >= 4 is 21.6 Å². The van der Waals surface area contributed by atoms with Crippen LogP contribution >= 0.6 is 0 Å². The number of sulfone groups is 1. The molecule has 0 aromatic carbocycles. The number of hydrogen-bond donors (Lipinski definition) is 0. The summed E-state index contributed by atoms with van der Waals surface area (Å²) in [6.07, 6.45) is 9.52. The number of rotatable bonds is 2. The fourth-order valence-electron chi connectivity index (χ4n) is 7.65. The number of allylic oxidation sites excluding steroid dienone is 4. The molecule has 1 heterocycles. The molecule has 0 aromatic rings. The first-order valence-electron chi connectivity index (χ1n) is 11.4. The van der Waals surface area contributed by atoms with Crippen LogP contribution in [0.2, 0.25) is 0 Å². The van der Waals surface area contributed by atoms with Crippen LogP contribution in [0.1, 0.15) is 72.1 Å². The highest BCUT2D eigenvalue weighted by Gasteiger charge is 2.67. The zero-order valence-electron chi connectivity index (χ0n) is 18.2. The lowest BCUT2D eigenvalue weighted by Crippen LogP contribution is -2.55. The van der Waals surface area contributed by atoms with Crippen molar-refractivity contribution in [1.82, 2.24) is 0 Å². The van der Waals surface area contributed by atoms with Gasteiger partial charge in [0, 0.05) is 35.3 Å². The molecule has 4 aliphatic carbocycles. The van der Waals surface area contributed by atoms with E-state index in [1.165, 1.54) is 5.57 Å². The van der Waals surface area contributed by atoms with E-state index in [0.29, 0.717) is 19.3 Å². The van der Waals surface area contributed by atoms with Gasteiger partial charge in [-0.25, -0.2) is 8.42 Å². The average molecular weight is 433 g/mol. The maximum atomic E-state index is 13.3. The van der Waals surface area contributed by atoms with E-state index in [9.17, 15) is 18.0 Å². The maximum Gasteiger partial charge on any atom is 0.306 e. The highest BCUT2D eigenvalue weighted by molar-refractivity contribution is 7.92. The standard InChI is InChI=1S/C24H32O5S/c1-4-30(27,28)19-14-15-13-16(25)5-9-22(15,2)17-6-10-23(3)18(21(17)19)7-11-24(23)12-8-20(26)29-24/h6,13,18-19,21H,4-5,7-12,14H2,1-3H3/t18?,19-,21?,22+,23+,24-/m1/s1. The molecule has 1 aliphatic heterocycles. The minimum Gasteiger partial charge on any atom is -0.458 e. The highest BCUT2D eigenvalue weighted by Crippen LogP contribution is 2.68. The Bertz CT molecular complexity index is 991. The number of hydrogen-bond acceptors (Lipinski definition) is 5. The van der Waals surface area contributed by atoms with E-state index in [0.717, 1.165) is 37.7 Å². The lowest BCUT2D eigenvalue weighted by atomic mass is 9.50. The molecule has 1 spiro atoms. The van der Waals surface area contributed by atoms with E-state index in [1.54, 1.807) is 13.0 Å². The van der Waals surface area contributed by atoms with Gasteiger partial charge in [0.1, 0.15) is 5.60 Å². The fraction of sp³-hybridized carbons (Fsp3) is 0.750. The zero-order valence-corrected chi connectivity index (χ0v) is 19.0. The van der Waals surface area contributed by atoms with Gasteiger partial charge in [-0.1, -0.05) is 38.0 Å².